The van der Waals surface area contributed by atoms with Gasteiger partial charge in [0, 0.05) is 19.7 Å². The van der Waals surface area contributed by atoms with Crippen LogP contribution in [-0.2, 0) is 14.1 Å². The molecule has 1 aliphatic rings. The number of anilines is 1. The molecule has 1 atom stereocenters. The molecule has 0 saturated heterocycles. The van der Waals surface area contributed by atoms with Crippen molar-refractivity contribution in [2.45, 2.75) is 6.04 Å². The fraction of sp³-hybridized carbons (Fsp3) is 0.107. The molecule has 2 aromatic heterocycles. The summed E-state index contributed by atoms with van der Waals surface area (Å²) < 4.78 is 19.7. The number of nitriles is 1. The Kier molecular flexibility index (Phi) is 4.70. The van der Waals surface area contributed by atoms with E-state index in [-0.39, 0.29) is 10.9 Å². The Morgan fingerprint density at radius 1 is 0.917 bits per heavy atom. The average Bonchev–Trinajstić information content (AvgIpc) is 3.27. The Balaban J connectivity index is 1.85. The molecule has 0 bridgehead atoms. The standard InChI is InChI=1S/C28H20FN5O2/c1-32-25-22(27(35)33(2)28(32)36)24(18-7-3-4-8-19(18)29)34-21-10-6-5-9-20(21)31-23(26(25)34)17-13-11-16(15-30)12-14-17/h3-14,23,31H,1-2H3/t23-/m1/s1. The predicted molar refractivity (Wildman–Crippen MR) is 136 cm³/mol. The zero-order valence-electron chi connectivity index (χ0n) is 19.5. The van der Waals surface area contributed by atoms with Gasteiger partial charge in [-0.05, 0) is 42.0 Å². The molecule has 7 nitrogen and oxygen atoms in total. The van der Waals surface area contributed by atoms with Crippen molar-refractivity contribution in [3.63, 3.8) is 0 Å². The van der Waals surface area contributed by atoms with E-state index in [1.54, 1.807) is 37.4 Å². The van der Waals surface area contributed by atoms with Gasteiger partial charge in [-0.2, -0.15) is 5.26 Å². The van der Waals surface area contributed by atoms with Gasteiger partial charge in [0.1, 0.15) is 5.82 Å². The van der Waals surface area contributed by atoms with Crippen LogP contribution in [0.5, 0.6) is 0 Å². The molecule has 176 valence electrons. The molecule has 0 unspecified atom stereocenters. The lowest BCUT2D eigenvalue weighted by Crippen LogP contribution is -2.37. The molecule has 6 rings (SSSR count). The molecule has 0 amide bonds. The highest BCUT2D eigenvalue weighted by Gasteiger charge is 2.35. The Morgan fingerprint density at radius 3 is 2.33 bits per heavy atom. The van der Waals surface area contributed by atoms with Crippen LogP contribution in [0, 0.1) is 17.1 Å². The molecule has 0 spiro atoms. The van der Waals surface area contributed by atoms with E-state index in [1.165, 1.54) is 17.7 Å². The van der Waals surface area contributed by atoms with E-state index in [1.807, 2.05) is 41.0 Å². The van der Waals surface area contributed by atoms with Crippen LogP contribution in [0.1, 0.15) is 22.9 Å². The van der Waals surface area contributed by atoms with E-state index in [0.717, 1.165) is 21.5 Å². The molecule has 8 heteroatoms. The number of fused-ring (bicyclic) bond motifs is 5. The first-order chi connectivity index (χ1) is 17.4. The van der Waals surface area contributed by atoms with Crippen LogP contribution in [0.15, 0.2) is 82.4 Å². The van der Waals surface area contributed by atoms with E-state index in [0.29, 0.717) is 22.5 Å². The molecule has 5 aromatic rings. The minimum atomic E-state index is -0.496. The molecule has 0 radical (unpaired) electrons. The maximum atomic E-state index is 15.3. The highest BCUT2D eigenvalue weighted by molar-refractivity contribution is 5.99. The number of rotatable bonds is 2. The summed E-state index contributed by atoms with van der Waals surface area (Å²) in [6, 6.07) is 22.7. The second-order valence-electron chi connectivity index (χ2n) is 8.81. The summed E-state index contributed by atoms with van der Waals surface area (Å²) >= 11 is 0. The number of hydrogen-bond acceptors (Lipinski definition) is 4. The van der Waals surface area contributed by atoms with Gasteiger partial charge in [-0.3, -0.25) is 13.9 Å². The highest BCUT2D eigenvalue weighted by Crippen LogP contribution is 2.45. The van der Waals surface area contributed by atoms with E-state index < -0.39 is 23.1 Å². The van der Waals surface area contributed by atoms with Crippen molar-refractivity contribution in [3.05, 3.63) is 116 Å². The summed E-state index contributed by atoms with van der Waals surface area (Å²) in [5, 5.41) is 13.1. The minimum Gasteiger partial charge on any atom is -0.371 e. The number of halogens is 1. The molecule has 0 fully saturated rings. The third-order valence-electron chi connectivity index (χ3n) is 6.83. The normalized spacial score (nSPS) is 14.1. The van der Waals surface area contributed by atoms with E-state index in [9.17, 15) is 14.9 Å². The van der Waals surface area contributed by atoms with Crippen molar-refractivity contribution < 1.29 is 4.39 Å². The second kappa shape index (κ2) is 7.82. The Bertz CT molecular complexity index is 1860. The smallest absolute Gasteiger partial charge is 0.331 e. The molecule has 3 aromatic carbocycles. The molecule has 0 aliphatic carbocycles. The number of nitrogens with zero attached hydrogens (tertiary/aromatic N) is 4. The van der Waals surface area contributed by atoms with Gasteiger partial charge in [-0.15, -0.1) is 0 Å². The fourth-order valence-corrected chi connectivity index (χ4v) is 5.13. The number of hydrogen-bond donors (Lipinski definition) is 1. The maximum absolute atomic E-state index is 15.3. The van der Waals surface area contributed by atoms with Gasteiger partial charge in [0.25, 0.3) is 5.56 Å². The van der Waals surface area contributed by atoms with E-state index >= 15 is 4.39 Å². The van der Waals surface area contributed by atoms with Gasteiger partial charge in [-0.1, -0.05) is 36.4 Å². The zero-order chi connectivity index (χ0) is 25.1. The third kappa shape index (κ3) is 2.89. The predicted octanol–water partition coefficient (Wildman–Crippen LogP) is 4.22. The van der Waals surface area contributed by atoms with Gasteiger partial charge in [-0.25, -0.2) is 9.18 Å². The first-order valence-corrected chi connectivity index (χ1v) is 11.4. The minimum absolute atomic E-state index is 0.261. The van der Waals surface area contributed by atoms with Crippen molar-refractivity contribution in [2.24, 2.45) is 14.1 Å². The number of benzene rings is 3. The topological polar surface area (TPSA) is 84.8 Å². The molecular formula is C28H20FN5O2. The zero-order valence-corrected chi connectivity index (χ0v) is 19.5. The average molecular weight is 477 g/mol. The van der Waals surface area contributed by atoms with Crippen molar-refractivity contribution in [3.8, 4) is 23.0 Å². The lowest BCUT2D eigenvalue weighted by atomic mass is 9.98. The number of para-hydroxylation sites is 2. The molecule has 0 saturated carbocycles. The summed E-state index contributed by atoms with van der Waals surface area (Å²) in [5.74, 6) is -0.471. The summed E-state index contributed by atoms with van der Waals surface area (Å²) in [4.78, 5) is 26.7. The number of nitrogens with one attached hydrogen (secondary N) is 1. The van der Waals surface area contributed by atoms with Crippen LogP contribution in [0.4, 0.5) is 10.1 Å². The lowest BCUT2D eigenvalue weighted by molar-refractivity contribution is 0.630. The first kappa shape index (κ1) is 21.6. The van der Waals surface area contributed by atoms with Crippen LogP contribution in [0.25, 0.3) is 27.8 Å². The summed E-state index contributed by atoms with van der Waals surface area (Å²) in [5.41, 5.74) is 3.63. The van der Waals surface area contributed by atoms with Gasteiger partial charge in [0.05, 0.1) is 51.3 Å². The Hall–Kier alpha value is -4.90. The van der Waals surface area contributed by atoms with Crippen molar-refractivity contribution in [2.75, 3.05) is 5.32 Å². The lowest BCUT2D eigenvalue weighted by Gasteiger charge is -2.31. The second-order valence-corrected chi connectivity index (χ2v) is 8.81. The highest BCUT2D eigenvalue weighted by atomic mass is 19.1. The number of aromatic nitrogens is 3. The van der Waals surface area contributed by atoms with Crippen LogP contribution in [-0.4, -0.2) is 13.7 Å². The molecule has 1 N–H and O–H groups in total. The maximum Gasteiger partial charge on any atom is 0.331 e. The van der Waals surface area contributed by atoms with Gasteiger partial charge in [0.2, 0.25) is 0 Å². The van der Waals surface area contributed by atoms with Crippen molar-refractivity contribution in [1.82, 2.24) is 13.7 Å². The Labute approximate surface area is 204 Å². The van der Waals surface area contributed by atoms with Crippen molar-refractivity contribution in [1.29, 1.82) is 5.26 Å². The SMILES string of the molecule is Cn1c(=O)c2c(-c3ccccc3F)n3c(c2n(C)c1=O)[C@@H](c1ccc(C#N)cc1)Nc1ccccc1-3. The van der Waals surface area contributed by atoms with Gasteiger partial charge >= 0.3 is 5.69 Å². The summed E-state index contributed by atoms with van der Waals surface area (Å²) in [6.45, 7) is 0. The molecule has 1 aliphatic heterocycles. The monoisotopic (exact) mass is 477 g/mol. The number of aryl methyl sites for hydroxylation is 1. The quantitative estimate of drug-likeness (QED) is 0.413. The molecule has 3 heterocycles. The molecular weight excluding hydrogens is 457 g/mol. The van der Waals surface area contributed by atoms with Gasteiger partial charge < -0.3 is 9.88 Å². The first-order valence-electron chi connectivity index (χ1n) is 11.4. The van der Waals surface area contributed by atoms with E-state index in [4.69, 9.17) is 0 Å². The summed E-state index contributed by atoms with van der Waals surface area (Å²) in [6.07, 6.45) is 0. The third-order valence-corrected chi connectivity index (χ3v) is 6.83. The van der Waals surface area contributed by atoms with Crippen LogP contribution in [0.3, 0.4) is 0 Å². The van der Waals surface area contributed by atoms with Crippen LogP contribution < -0.4 is 16.6 Å². The summed E-state index contributed by atoms with van der Waals surface area (Å²) in [7, 11) is 3.04. The largest absolute Gasteiger partial charge is 0.371 e. The van der Waals surface area contributed by atoms with Crippen molar-refractivity contribution >= 4 is 16.6 Å². The van der Waals surface area contributed by atoms with E-state index in [2.05, 4.69) is 11.4 Å². The molecule has 36 heavy (non-hydrogen) atoms. The fourth-order valence-electron chi connectivity index (χ4n) is 5.13. The van der Waals surface area contributed by atoms with Crippen LogP contribution >= 0.6 is 0 Å². The Morgan fingerprint density at radius 2 is 1.61 bits per heavy atom. The van der Waals surface area contributed by atoms with Crippen LogP contribution in [0.2, 0.25) is 0 Å². The van der Waals surface area contributed by atoms with Gasteiger partial charge in [0.15, 0.2) is 0 Å².